The molecule has 5 heteroatoms. The topological polar surface area (TPSA) is 58.2 Å². The molecule has 3 rings (SSSR count). The predicted octanol–water partition coefficient (Wildman–Crippen LogP) is 2.36. The first-order chi connectivity index (χ1) is 11.1. The van der Waals surface area contributed by atoms with Crippen molar-refractivity contribution in [3.63, 3.8) is 0 Å². The smallest absolute Gasteiger partial charge is 0.254 e. The van der Waals surface area contributed by atoms with Gasteiger partial charge in [-0.15, -0.1) is 0 Å². The number of benzene rings is 2. The van der Waals surface area contributed by atoms with Gasteiger partial charge < -0.3 is 10.6 Å². The van der Waals surface area contributed by atoms with E-state index in [9.17, 15) is 14.0 Å². The predicted molar refractivity (Wildman–Crippen MR) is 84.4 cm³/mol. The van der Waals surface area contributed by atoms with Gasteiger partial charge in [0.2, 0.25) is 5.91 Å². The van der Waals surface area contributed by atoms with Gasteiger partial charge in [-0.1, -0.05) is 36.4 Å². The quantitative estimate of drug-likeness (QED) is 0.910. The minimum absolute atomic E-state index is 0.0240. The molecule has 0 spiro atoms. The largest absolute Gasteiger partial charge is 0.348 e. The van der Waals surface area contributed by atoms with Crippen molar-refractivity contribution in [3.05, 3.63) is 71.0 Å². The van der Waals surface area contributed by atoms with Crippen molar-refractivity contribution in [1.82, 2.24) is 10.6 Å². The third kappa shape index (κ3) is 3.39. The maximum absolute atomic E-state index is 13.5. The van der Waals surface area contributed by atoms with Gasteiger partial charge in [-0.05, 0) is 36.1 Å². The maximum Gasteiger partial charge on any atom is 0.254 e. The number of aryl methyl sites for hydroxylation is 1. The van der Waals surface area contributed by atoms with Crippen LogP contribution in [0.2, 0.25) is 0 Å². The molecular formula is C18H17FN2O2. The first-order valence-corrected chi connectivity index (χ1v) is 7.55. The van der Waals surface area contributed by atoms with E-state index >= 15 is 0 Å². The number of hydrogen-bond donors (Lipinski definition) is 2. The zero-order valence-electron chi connectivity index (χ0n) is 12.5. The molecule has 2 aromatic carbocycles. The normalized spacial score (nSPS) is 15.8. The Bertz CT molecular complexity index is 745. The van der Waals surface area contributed by atoms with E-state index < -0.39 is 11.7 Å². The number of nitrogens with one attached hydrogen (secondary N) is 2. The van der Waals surface area contributed by atoms with Crippen molar-refractivity contribution in [2.24, 2.45) is 0 Å². The molecule has 0 bridgehead atoms. The summed E-state index contributed by atoms with van der Waals surface area (Å²) in [4.78, 5) is 23.9. The lowest BCUT2D eigenvalue weighted by Gasteiger charge is -2.14. The van der Waals surface area contributed by atoms with E-state index in [2.05, 4.69) is 16.7 Å². The second-order valence-electron chi connectivity index (χ2n) is 5.52. The highest BCUT2D eigenvalue weighted by molar-refractivity contribution is 5.96. The summed E-state index contributed by atoms with van der Waals surface area (Å²) in [5, 5.41) is 5.36. The summed E-state index contributed by atoms with van der Waals surface area (Å²) in [7, 11) is 0. The summed E-state index contributed by atoms with van der Waals surface area (Å²) in [6.07, 6.45) is 1.79. The second kappa shape index (κ2) is 6.60. The zero-order chi connectivity index (χ0) is 16.2. The summed E-state index contributed by atoms with van der Waals surface area (Å²) < 4.78 is 13.5. The molecule has 0 saturated carbocycles. The van der Waals surface area contributed by atoms with Crippen LogP contribution in [0.3, 0.4) is 0 Å². The molecule has 0 heterocycles. The van der Waals surface area contributed by atoms with E-state index in [1.165, 1.54) is 23.8 Å². The summed E-state index contributed by atoms with van der Waals surface area (Å²) in [6, 6.07) is 13.7. The Hall–Kier alpha value is -2.69. The lowest BCUT2D eigenvalue weighted by molar-refractivity contribution is -0.120. The van der Waals surface area contributed by atoms with Gasteiger partial charge in [0.05, 0.1) is 18.2 Å². The molecule has 0 radical (unpaired) electrons. The van der Waals surface area contributed by atoms with E-state index in [0.717, 1.165) is 18.4 Å². The number of halogens is 1. The van der Waals surface area contributed by atoms with Gasteiger partial charge in [0.15, 0.2) is 0 Å². The fourth-order valence-corrected chi connectivity index (χ4v) is 2.85. The van der Waals surface area contributed by atoms with Crippen LogP contribution in [0.15, 0.2) is 48.5 Å². The standard InChI is InChI=1S/C18H17FN2O2/c19-15-8-4-3-7-14(15)18(23)20-11-17(22)21-16-10-9-12-5-1-2-6-13(12)16/h1-8,16H,9-11H2,(H,20,23)(H,21,22)/t16-/m0/s1. The molecule has 4 nitrogen and oxygen atoms in total. The molecule has 0 saturated heterocycles. The Balaban J connectivity index is 1.55. The molecule has 118 valence electrons. The summed E-state index contributed by atoms with van der Waals surface area (Å²) in [5.74, 6) is -1.48. The van der Waals surface area contributed by atoms with E-state index in [1.54, 1.807) is 6.07 Å². The molecule has 23 heavy (non-hydrogen) atoms. The molecule has 2 N–H and O–H groups in total. The van der Waals surface area contributed by atoms with Gasteiger partial charge in [-0.2, -0.15) is 0 Å². The Morgan fingerprint density at radius 2 is 1.83 bits per heavy atom. The van der Waals surface area contributed by atoms with Crippen molar-refractivity contribution in [2.45, 2.75) is 18.9 Å². The monoisotopic (exact) mass is 312 g/mol. The van der Waals surface area contributed by atoms with Crippen LogP contribution in [-0.2, 0) is 11.2 Å². The number of carbonyl (C=O) groups is 2. The lowest BCUT2D eigenvalue weighted by atomic mass is 10.1. The highest BCUT2D eigenvalue weighted by Gasteiger charge is 2.23. The van der Waals surface area contributed by atoms with Crippen molar-refractivity contribution in [1.29, 1.82) is 0 Å². The van der Waals surface area contributed by atoms with Crippen LogP contribution >= 0.6 is 0 Å². The van der Waals surface area contributed by atoms with E-state index in [0.29, 0.717) is 0 Å². The molecule has 2 amide bonds. The van der Waals surface area contributed by atoms with Crippen LogP contribution < -0.4 is 10.6 Å². The molecule has 0 aliphatic heterocycles. The minimum atomic E-state index is -0.602. The van der Waals surface area contributed by atoms with Gasteiger partial charge in [-0.3, -0.25) is 9.59 Å². The Labute approximate surface area is 133 Å². The van der Waals surface area contributed by atoms with Crippen molar-refractivity contribution < 1.29 is 14.0 Å². The average molecular weight is 312 g/mol. The van der Waals surface area contributed by atoms with Crippen molar-refractivity contribution >= 4 is 11.8 Å². The maximum atomic E-state index is 13.5. The summed E-state index contributed by atoms with van der Waals surface area (Å²) in [6.45, 7) is -0.175. The van der Waals surface area contributed by atoms with Crippen LogP contribution in [0.25, 0.3) is 0 Å². The minimum Gasteiger partial charge on any atom is -0.348 e. The number of hydrogen-bond acceptors (Lipinski definition) is 2. The van der Waals surface area contributed by atoms with Crippen molar-refractivity contribution in [2.75, 3.05) is 6.54 Å². The molecule has 1 atom stereocenters. The Morgan fingerprint density at radius 1 is 1.09 bits per heavy atom. The fraction of sp³-hybridized carbons (Fsp3) is 0.222. The van der Waals surface area contributed by atoms with Gasteiger partial charge in [-0.25, -0.2) is 4.39 Å². The van der Waals surface area contributed by atoms with E-state index in [1.807, 2.05) is 18.2 Å². The molecule has 0 fully saturated rings. The Morgan fingerprint density at radius 3 is 2.65 bits per heavy atom. The highest BCUT2D eigenvalue weighted by Crippen LogP contribution is 2.30. The van der Waals surface area contributed by atoms with E-state index in [4.69, 9.17) is 0 Å². The SMILES string of the molecule is O=C(CNC(=O)c1ccccc1F)N[C@H]1CCc2ccccc21. The van der Waals surface area contributed by atoms with Crippen LogP contribution in [0.4, 0.5) is 4.39 Å². The van der Waals surface area contributed by atoms with Gasteiger partial charge >= 0.3 is 0 Å². The third-order valence-corrected chi connectivity index (χ3v) is 4.00. The molecule has 1 aliphatic carbocycles. The summed E-state index contributed by atoms with van der Waals surface area (Å²) in [5.41, 5.74) is 2.31. The van der Waals surface area contributed by atoms with Crippen LogP contribution in [0.1, 0.15) is 33.9 Å². The first-order valence-electron chi connectivity index (χ1n) is 7.55. The van der Waals surface area contributed by atoms with Crippen LogP contribution in [0, 0.1) is 5.82 Å². The summed E-state index contributed by atoms with van der Waals surface area (Å²) >= 11 is 0. The molecular weight excluding hydrogens is 295 g/mol. The molecule has 1 aliphatic rings. The Kier molecular flexibility index (Phi) is 4.37. The number of rotatable bonds is 4. The third-order valence-electron chi connectivity index (χ3n) is 4.00. The second-order valence-corrected chi connectivity index (χ2v) is 5.52. The first kappa shape index (κ1) is 15.2. The van der Waals surface area contributed by atoms with Gasteiger partial charge in [0.1, 0.15) is 5.82 Å². The molecule has 0 unspecified atom stereocenters. The van der Waals surface area contributed by atoms with Crippen molar-refractivity contribution in [3.8, 4) is 0 Å². The van der Waals surface area contributed by atoms with Gasteiger partial charge in [0.25, 0.3) is 5.91 Å². The van der Waals surface area contributed by atoms with E-state index in [-0.39, 0.29) is 24.1 Å². The zero-order valence-corrected chi connectivity index (χ0v) is 12.5. The number of amides is 2. The average Bonchev–Trinajstić information content (AvgIpc) is 2.96. The fourth-order valence-electron chi connectivity index (χ4n) is 2.85. The van der Waals surface area contributed by atoms with Crippen LogP contribution in [-0.4, -0.2) is 18.4 Å². The van der Waals surface area contributed by atoms with Gasteiger partial charge in [0, 0.05) is 0 Å². The van der Waals surface area contributed by atoms with Crippen LogP contribution in [0.5, 0.6) is 0 Å². The molecule has 2 aromatic rings. The highest BCUT2D eigenvalue weighted by atomic mass is 19.1. The number of fused-ring (bicyclic) bond motifs is 1. The number of carbonyl (C=O) groups excluding carboxylic acids is 2. The molecule has 0 aromatic heterocycles. The lowest BCUT2D eigenvalue weighted by Crippen LogP contribution is -2.38.